The maximum atomic E-state index is 11.2. The Bertz CT molecular complexity index is 676. The second kappa shape index (κ2) is 10.3. The van der Waals surface area contributed by atoms with Gasteiger partial charge in [-0.15, -0.1) is 0 Å². The molecule has 0 spiro atoms. The number of carboxylic acids is 1. The molecular weight excluding hydrogens is 370 g/mol. The molecule has 1 aromatic rings. The van der Waals surface area contributed by atoms with Crippen LogP contribution in [0, 0.1) is 5.92 Å². The number of para-hydroxylation sites is 1. The Morgan fingerprint density at radius 3 is 2.55 bits per heavy atom. The molecule has 0 saturated carbocycles. The molecule has 2 aliphatic rings. The molecule has 0 amide bonds. The van der Waals surface area contributed by atoms with Gasteiger partial charge in [0.25, 0.3) is 0 Å². The standard InChI is InChI=1S/C22H35N3O4/c1-23-11-13-25(14-12-23)19-9-10-24(15-17(19)7-8-21(26)27)16-18-5-4-6-20(28-2)22(18)29-3/h4-6,17,19H,7-16H2,1-3H3,(H,26,27)/t17-,19+/m0/s1. The van der Waals surface area contributed by atoms with Gasteiger partial charge in [0.05, 0.1) is 14.2 Å². The minimum Gasteiger partial charge on any atom is -0.493 e. The zero-order chi connectivity index (χ0) is 20.8. The molecule has 2 aliphatic heterocycles. The van der Waals surface area contributed by atoms with E-state index < -0.39 is 5.97 Å². The van der Waals surface area contributed by atoms with Gasteiger partial charge in [0.2, 0.25) is 0 Å². The van der Waals surface area contributed by atoms with E-state index in [1.807, 2.05) is 12.1 Å². The lowest BCUT2D eigenvalue weighted by atomic mass is 9.86. The molecule has 29 heavy (non-hydrogen) atoms. The van der Waals surface area contributed by atoms with Crippen LogP contribution in [0.3, 0.4) is 0 Å². The molecule has 7 heteroatoms. The first-order valence-corrected chi connectivity index (χ1v) is 10.6. The van der Waals surface area contributed by atoms with Gasteiger partial charge in [-0.3, -0.25) is 14.6 Å². The maximum absolute atomic E-state index is 11.2. The van der Waals surface area contributed by atoms with Crippen LogP contribution in [0.2, 0.25) is 0 Å². The smallest absolute Gasteiger partial charge is 0.303 e. The highest BCUT2D eigenvalue weighted by Crippen LogP contribution is 2.33. The number of nitrogens with zero attached hydrogens (tertiary/aromatic N) is 3. The van der Waals surface area contributed by atoms with E-state index in [-0.39, 0.29) is 6.42 Å². The Morgan fingerprint density at radius 2 is 1.90 bits per heavy atom. The fraction of sp³-hybridized carbons (Fsp3) is 0.682. The van der Waals surface area contributed by atoms with Crippen molar-refractivity contribution in [3.8, 4) is 11.5 Å². The Hall–Kier alpha value is -1.83. The number of carboxylic acid groups (broad SMARTS) is 1. The third kappa shape index (κ3) is 5.62. The van der Waals surface area contributed by atoms with Crippen LogP contribution in [0.5, 0.6) is 11.5 Å². The number of benzene rings is 1. The van der Waals surface area contributed by atoms with Gasteiger partial charge in [0, 0.05) is 57.3 Å². The molecule has 2 fully saturated rings. The van der Waals surface area contributed by atoms with Crippen molar-refractivity contribution in [2.45, 2.75) is 31.8 Å². The molecule has 0 aromatic heterocycles. The van der Waals surface area contributed by atoms with Crippen molar-refractivity contribution in [1.29, 1.82) is 0 Å². The molecule has 7 nitrogen and oxygen atoms in total. The Morgan fingerprint density at radius 1 is 1.14 bits per heavy atom. The average Bonchev–Trinajstić information content (AvgIpc) is 2.73. The summed E-state index contributed by atoms with van der Waals surface area (Å²) in [7, 11) is 5.51. The second-order valence-corrected chi connectivity index (χ2v) is 8.28. The lowest BCUT2D eigenvalue weighted by Crippen LogP contribution is -2.56. The largest absolute Gasteiger partial charge is 0.493 e. The Balaban J connectivity index is 1.69. The van der Waals surface area contributed by atoms with E-state index in [1.165, 1.54) is 0 Å². The van der Waals surface area contributed by atoms with Crippen molar-refractivity contribution in [3.05, 3.63) is 23.8 Å². The van der Waals surface area contributed by atoms with Crippen LogP contribution < -0.4 is 9.47 Å². The SMILES string of the molecule is COc1cccc(CN2CC[C@@H](N3CCN(C)CC3)[C@@H](CCC(=O)O)C2)c1OC. The van der Waals surface area contributed by atoms with Crippen molar-refractivity contribution in [2.75, 3.05) is 60.5 Å². The highest BCUT2D eigenvalue weighted by atomic mass is 16.5. The van der Waals surface area contributed by atoms with Gasteiger partial charge in [-0.1, -0.05) is 12.1 Å². The quantitative estimate of drug-likeness (QED) is 0.710. The summed E-state index contributed by atoms with van der Waals surface area (Å²) in [4.78, 5) is 18.6. The first-order valence-electron chi connectivity index (χ1n) is 10.6. The van der Waals surface area contributed by atoms with Crippen molar-refractivity contribution in [3.63, 3.8) is 0 Å². The number of hydrogen-bond acceptors (Lipinski definition) is 6. The molecule has 1 aromatic carbocycles. The third-order valence-corrected chi connectivity index (χ3v) is 6.39. The van der Waals surface area contributed by atoms with Crippen molar-refractivity contribution >= 4 is 5.97 Å². The van der Waals surface area contributed by atoms with Gasteiger partial charge in [-0.25, -0.2) is 0 Å². The number of rotatable bonds is 8. The van der Waals surface area contributed by atoms with Gasteiger partial charge in [0.1, 0.15) is 0 Å². The van der Waals surface area contributed by atoms with E-state index >= 15 is 0 Å². The summed E-state index contributed by atoms with van der Waals surface area (Å²) in [5.41, 5.74) is 1.11. The van der Waals surface area contributed by atoms with Gasteiger partial charge in [-0.2, -0.15) is 0 Å². The highest BCUT2D eigenvalue weighted by Gasteiger charge is 2.34. The summed E-state index contributed by atoms with van der Waals surface area (Å²) in [6.45, 7) is 7.06. The minimum absolute atomic E-state index is 0.241. The molecule has 2 saturated heterocycles. The molecular formula is C22H35N3O4. The van der Waals surface area contributed by atoms with Gasteiger partial charge < -0.3 is 19.5 Å². The molecule has 2 heterocycles. The normalized spacial score (nSPS) is 24.4. The number of ether oxygens (including phenoxy) is 2. The van der Waals surface area contributed by atoms with Gasteiger partial charge >= 0.3 is 5.97 Å². The fourth-order valence-corrected chi connectivity index (χ4v) is 4.78. The monoisotopic (exact) mass is 405 g/mol. The molecule has 0 radical (unpaired) electrons. The first kappa shape index (κ1) is 21.9. The zero-order valence-electron chi connectivity index (χ0n) is 18.0. The molecule has 0 unspecified atom stereocenters. The predicted octanol–water partition coefficient (Wildman–Crippen LogP) is 2.01. The number of likely N-dealkylation sites (tertiary alicyclic amines) is 1. The lowest BCUT2D eigenvalue weighted by Gasteiger charge is -2.46. The van der Waals surface area contributed by atoms with E-state index in [4.69, 9.17) is 9.47 Å². The summed E-state index contributed by atoms with van der Waals surface area (Å²) in [5.74, 6) is 1.21. The number of piperidine rings is 1. The number of methoxy groups -OCH3 is 2. The summed E-state index contributed by atoms with van der Waals surface area (Å²) in [6.07, 6.45) is 2.06. The van der Waals surface area contributed by atoms with Crippen LogP contribution in [-0.2, 0) is 11.3 Å². The maximum Gasteiger partial charge on any atom is 0.303 e. The molecule has 1 N–H and O–H groups in total. The van der Waals surface area contributed by atoms with Crippen LogP contribution in [0.4, 0.5) is 0 Å². The van der Waals surface area contributed by atoms with Crippen LogP contribution in [0.1, 0.15) is 24.8 Å². The molecule has 0 aliphatic carbocycles. The van der Waals surface area contributed by atoms with E-state index in [0.29, 0.717) is 12.0 Å². The van der Waals surface area contributed by atoms with Crippen LogP contribution >= 0.6 is 0 Å². The van der Waals surface area contributed by atoms with Gasteiger partial charge in [-0.05, 0) is 38.4 Å². The van der Waals surface area contributed by atoms with Crippen molar-refractivity contribution < 1.29 is 19.4 Å². The summed E-state index contributed by atoms with van der Waals surface area (Å²) >= 11 is 0. The summed E-state index contributed by atoms with van der Waals surface area (Å²) in [5, 5.41) is 9.24. The van der Waals surface area contributed by atoms with Crippen LogP contribution in [0.15, 0.2) is 18.2 Å². The van der Waals surface area contributed by atoms with Crippen LogP contribution in [-0.4, -0.2) is 92.4 Å². The summed E-state index contributed by atoms with van der Waals surface area (Å²) in [6, 6.07) is 6.47. The fourth-order valence-electron chi connectivity index (χ4n) is 4.78. The average molecular weight is 406 g/mol. The molecule has 3 rings (SSSR count). The van der Waals surface area contributed by atoms with Crippen LogP contribution in [0.25, 0.3) is 0 Å². The predicted molar refractivity (Wildman–Crippen MR) is 113 cm³/mol. The second-order valence-electron chi connectivity index (χ2n) is 8.28. The molecule has 2 atom stereocenters. The number of aliphatic carboxylic acids is 1. The summed E-state index contributed by atoms with van der Waals surface area (Å²) < 4.78 is 11.0. The lowest BCUT2D eigenvalue weighted by molar-refractivity contribution is -0.137. The van der Waals surface area contributed by atoms with E-state index in [1.54, 1.807) is 14.2 Å². The Kier molecular flexibility index (Phi) is 7.75. The van der Waals surface area contributed by atoms with Gasteiger partial charge in [0.15, 0.2) is 11.5 Å². The topological polar surface area (TPSA) is 65.5 Å². The van der Waals surface area contributed by atoms with E-state index in [9.17, 15) is 9.90 Å². The number of likely N-dealkylation sites (N-methyl/N-ethyl adjacent to an activating group) is 1. The molecule has 162 valence electrons. The van der Waals surface area contributed by atoms with E-state index in [0.717, 1.165) is 75.7 Å². The number of carbonyl (C=O) groups is 1. The minimum atomic E-state index is -0.700. The van der Waals surface area contributed by atoms with Crippen molar-refractivity contribution in [2.24, 2.45) is 5.92 Å². The third-order valence-electron chi connectivity index (χ3n) is 6.39. The molecule has 0 bridgehead atoms. The number of piperazine rings is 1. The van der Waals surface area contributed by atoms with Crippen molar-refractivity contribution in [1.82, 2.24) is 14.7 Å². The Labute approximate surface area is 174 Å². The zero-order valence-corrected chi connectivity index (χ0v) is 18.0. The van der Waals surface area contributed by atoms with E-state index in [2.05, 4.69) is 27.8 Å². The highest BCUT2D eigenvalue weighted by molar-refractivity contribution is 5.66. The first-order chi connectivity index (χ1) is 14.0. The number of hydrogen-bond donors (Lipinski definition) is 1.